The van der Waals surface area contributed by atoms with Gasteiger partial charge in [-0.1, -0.05) is 104 Å². The number of hydrogen-bond donors (Lipinski definition) is 1. The first kappa shape index (κ1) is 43.2. The maximum atomic E-state index is 12.1. The number of hydrogen-bond acceptors (Lipinski definition) is 7. The van der Waals surface area contributed by atoms with Crippen LogP contribution in [-0.2, 0) is 18.6 Å². The van der Waals surface area contributed by atoms with Gasteiger partial charge in [0.1, 0.15) is 18.5 Å². The van der Waals surface area contributed by atoms with Gasteiger partial charge in [0, 0.05) is 42.2 Å². The molecule has 0 radical (unpaired) electrons. The fourth-order valence-corrected chi connectivity index (χ4v) is 7.95. The molecule has 0 fully saturated rings. The van der Waals surface area contributed by atoms with Crippen LogP contribution in [0.3, 0.4) is 0 Å². The maximum absolute atomic E-state index is 12.1. The van der Waals surface area contributed by atoms with E-state index in [1.165, 1.54) is 11.6 Å². The van der Waals surface area contributed by atoms with Crippen LogP contribution < -0.4 is 11.4 Å². The van der Waals surface area contributed by atoms with Crippen LogP contribution in [-0.4, -0.2) is 46.6 Å². The first-order valence-corrected chi connectivity index (χ1v) is 21.0. The lowest BCUT2D eigenvalue weighted by molar-refractivity contribution is -0.0947. The number of carbonyl (C=O) groups is 1. The van der Waals surface area contributed by atoms with Crippen molar-refractivity contribution in [3.05, 3.63) is 76.2 Å². The number of primary amides is 1. The number of fused-ring (bicyclic) bond motifs is 1. The van der Waals surface area contributed by atoms with Gasteiger partial charge in [-0.25, -0.2) is 9.59 Å². The average Bonchev–Trinajstić information content (AvgIpc) is 3.03. The minimum absolute atomic E-state index is 0.00997. The molecule has 0 aliphatic heterocycles. The number of allylic oxidation sites excluding steroid dienone is 2. The number of amides is 1. The molecule has 0 aliphatic carbocycles. The van der Waals surface area contributed by atoms with Crippen molar-refractivity contribution in [2.45, 2.75) is 119 Å². The monoisotopic (exact) mass is 711 g/mol. The highest BCUT2D eigenvalue weighted by Crippen LogP contribution is 2.41. The Labute approximate surface area is 302 Å². The minimum Gasteiger partial charge on any atom is -0.445 e. The number of methoxy groups -OCH3 is 1. The zero-order valence-corrected chi connectivity index (χ0v) is 33.9. The highest BCUT2D eigenvalue weighted by atomic mass is 28.4. The molecule has 1 aromatic carbocycles. The lowest BCUT2D eigenvalue weighted by Gasteiger charge is -2.44. The topological polar surface area (TPSA) is 110 Å². The lowest BCUT2D eigenvalue weighted by Crippen LogP contribution is -2.50. The van der Waals surface area contributed by atoms with Gasteiger partial charge in [-0.2, -0.15) is 0 Å². The third-order valence-corrected chi connectivity index (χ3v) is 14.6. The standard InChI is InChI=1S/C41H65NO7Si/c1-14-15-16-28(3)38(48-40(42)44)32(7)39(49-50(12,13)41(8,9)10)31(6)24-27(2)23-30(5)37(46-26-45-11)29(4)17-18-33-19-21-35-34(25-33)20-22-36(43)47-35/h15-23,25,28-32,37-39H,14,24,26H2,1-13H3,(H2,42,44)/b16-15-,18-17-,27-23-/t28?,29?,30-,31-,32+,37-,38-,39+/m0/s1. The van der Waals surface area contributed by atoms with Crippen molar-refractivity contribution in [1.29, 1.82) is 0 Å². The molecule has 9 heteroatoms. The normalized spacial score (nSPS) is 18.1. The molecule has 0 saturated carbocycles. The predicted molar refractivity (Wildman–Crippen MR) is 208 cm³/mol. The Balaban J connectivity index is 2.36. The molecule has 1 amide bonds. The van der Waals surface area contributed by atoms with Crippen molar-refractivity contribution >= 4 is 31.5 Å². The fraction of sp³-hybridized carbons (Fsp3) is 0.610. The molecular weight excluding hydrogens is 647 g/mol. The van der Waals surface area contributed by atoms with Gasteiger partial charge < -0.3 is 28.8 Å². The largest absolute Gasteiger partial charge is 0.445 e. The molecule has 0 spiro atoms. The van der Waals surface area contributed by atoms with Crippen molar-refractivity contribution in [3.8, 4) is 0 Å². The van der Waals surface area contributed by atoms with E-state index in [0.29, 0.717) is 5.58 Å². The van der Waals surface area contributed by atoms with Crippen molar-refractivity contribution in [3.63, 3.8) is 0 Å². The third kappa shape index (κ3) is 13.0. The molecule has 280 valence electrons. The zero-order chi connectivity index (χ0) is 37.8. The Morgan fingerprint density at radius 1 is 0.960 bits per heavy atom. The maximum Gasteiger partial charge on any atom is 0.404 e. The molecule has 0 aliphatic rings. The summed E-state index contributed by atoms with van der Waals surface area (Å²) in [7, 11) is -0.560. The summed E-state index contributed by atoms with van der Waals surface area (Å²) >= 11 is 0. The van der Waals surface area contributed by atoms with Gasteiger partial charge in [0.25, 0.3) is 0 Å². The van der Waals surface area contributed by atoms with Crippen molar-refractivity contribution < 1.29 is 27.8 Å². The highest BCUT2D eigenvalue weighted by Gasteiger charge is 2.44. The summed E-state index contributed by atoms with van der Waals surface area (Å²) < 4.78 is 29.8. The Morgan fingerprint density at radius 2 is 1.62 bits per heavy atom. The number of ether oxygens (including phenoxy) is 3. The molecule has 2 N–H and O–H groups in total. The summed E-state index contributed by atoms with van der Waals surface area (Å²) in [5, 5.41) is 0.882. The van der Waals surface area contributed by atoms with Crippen molar-refractivity contribution in [1.82, 2.24) is 0 Å². The summed E-state index contributed by atoms with van der Waals surface area (Å²) in [6.45, 7) is 26.5. The summed E-state index contributed by atoms with van der Waals surface area (Å²) in [5.41, 5.74) is 8.07. The molecule has 1 heterocycles. The van der Waals surface area contributed by atoms with Crippen LogP contribution in [0.1, 0.15) is 87.6 Å². The predicted octanol–water partition coefficient (Wildman–Crippen LogP) is 10.1. The van der Waals surface area contributed by atoms with E-state index in [0.717, 1.165) is 23.8 Å². The van der Waals surface area contributed by atoms with E-state index in [-0.39, 0.29) is 59.3 Å². The lowest BCUT2D eigenvalue weighted by atomic mass is 9.81. The van der Waals surface area contributed by atoms with Gasteiger partial charge in [0.15, 0.2) is 8.32 Å². The van der Waals surface area contributed by atoms with Crippen LogP contribution in [0.25, 0.3) is 17.0 Å². The Bertz CT molecular complexity index is 1500. The quantitative estimate of drug-likeness (QED) is 0.0668. The SMILES string of the molecule is CC/C=C\C(C)[C@H](OC(N)=O)[C@@H](C)[C@H](O[Si](C)(C)C(C)(C)C)[C@@H](C)C/C(C)=C\[C@H](C)[C@@H](OCOC)C(C)/C=C\c1ccc2oc(=O)ccc2c1. The third-order valence-electron chi connectivity index (χ3n) is 10.1. The molecule has 2 rings (SSSR count). The van der Waals surface area contributed by atoms with Crippen LogP contribution in [0.2, 0.25) is 18.1 Å². The summed E-state index contributed by atoms with van der Waals surface area (Å²) in [6.07, 6.45) is 11.0. The summed E-state index contributed by atoms with van der Waals surface area (Å²) in [5.74, 6) is 0.185. The van der Waals surface area contributed by atoms with Gasteiger partial charge >= 0.3 is 11.7 Å². The van der Waals surface area contributed by atoms with E-state index in [1.807, 2.05) is 18.2 Å². The molecule has 2 unspecified atom stereocenters. The van der Waals surface area contributed by atoms with Crippen LogP contribution >= 0.6 is 0 Å². The van der Waals surface area contributed by atoms with Crippen LogP contribution in [0.4, 0.5) is 4.79 Å². The van der Waals surface area contributed by atoms with E-state index in [4.69, 9.17) is 28.8 Å². The van der Waals surface area contributed by atoms with Gasteiger partial charge in [-0.15, -0.1) is 0 Å². The number of rotatable bonds is 19. The van der Waals surface area contributed by atoms with Crippen LogP contribution in [0, 0.1) is 29.6 Å². The molecule has 0 saturated heterocycles. The van der Waals surface area contributed by atoms with E-state index < -0.39 is 20.5 Å². The molecule has 1 aromatic heterocycles. The number of nitrogens with two attached hydrogens (primary N) is 1. The van der Waals surface area contributed by atoms with Crippen molar-refractivity contribution in [2.24, 2.45) is 35.3 Å². The minimum atomic E-state index is -2.20. The zero-order valence-electron chi connectivity index (χ0n) is 32.9. The van der Waals surface area contributed by atoms with Gasteiger partial charge in [-0.05, 0) is 67.6 Å². The van der Waals surface area contributed by atoms with E-state index in [9.17, 15) is 9.59 Å². The van der Waals surface area contributed by atoms with Gasteiger partial charge in [-0.3, -0.25) is 0 Å². The second kappa shape index (κ2) is 19.6. The van der Waals surface area contributed by atoms with Crippen LogP contribution in [0.15, 0.2) is 69.4 Å². The number of carbonyl (C=O) groups excluding carboxylic acids is 1. The Hall–Kier alpha value is -2.98. The van der Waals surface area contributed by atoms with E-state index in [2.05, 4.69) is 113 Å². The molecular formula is C41H65NO7Si. The first-order chi connectivity index (χ1) is 23.3. The number of benzene rings is 1. The second-order valence-corrected chi connectivity index (χ2v) is 20.4. The van der Waals surface area contributed by atoms with Crippen LogP contribution in [0.5, 0.6) is 0 Å². The molecule has 50 heavy (non-hydrogen) atoms. The Kier molecular flexibility index (Phi) is 16.9. The highest BCUT2D eigenvalue weighted by molar-refractivity contribution is 6.74. The van der Waals surface area contributed by atoms with E-state index in [1.54, 1.807) is 13.2 Å². The molecule has 0 bridgehead atoms. The smallest absolute Gasteiger partial charge is 0.404 e. The van der Waals surface area contributed by atoms with Gasteiger partial charge in [0.05, 0.1) is 12.2 Å². The first-order valence-electron chi connectivity index (χ1n) is 18.1. The second-order valence-electron chi connectivity index (χ2n) is 15.7. The molecule has 2 aromatic rings. The summed E-state index contributed by atoms with van der Waals surface area (Å²) in [4.78, 5) is 23.7. The van der Waals surface area contributed by atoms with Gasteiger partial charge in [0.2, 0.25) is 0 Å². The Morgan fingerprint density at radius 3 is 2.22 bits per heavy atom. The van der Waals surface area contributed by atoms with Crippen molar-refractivity contribution in [2.75, 3.05) is 13.9 Å². The summed E-state index contributed by atoms with van der Waals surface area (Å²) in [6, 6.07) is 8.98. The fourth-order valence-electron chi connectivity index (χ4n) is 6.46. The molecule has 8 atom stereocenters. The molecule has 8 nitrogen and oxygen atoms in total. The average molecular weight is 712 g/mol. The van der Waals surface area contributed by atoms with E-state index >= 15 is 0 Å².